The molecule has 4 rings (SSSR count). The van der Waals surface area contributed by atoms with Crippen LogP contribution in [0.15, 0.2) is 121 Å². The molecule has 0 radical (unpaired) electrons. The molecule has 0 amide bonds. The van der Waals surface area contributed by atoms with Crippen molar-refractivity contribution >= 4 is 35.5 Å². The van der Waals surface area contributed by atoms with Gasteiger partial charge in [0.1, 0.15) is 14.3 Å². The number of hydrogen-bond donors (Lipinski definition) is 0. The van der Waals surface area contributed by atoms with Crippen molar-refractivity contribution in [3.63, 3.8) is 0 Å². The second-order valence-corrected chi connectivity index (χ2v) is 14.7. The molecule has 1 atom stereocenters. The van der Waals surface area contributed by atoms with Crippen LogP contribution in [-0.2, 0) is 9.13 Å². The summed E-state index contributed by atoms with van der Waals surface area (Å²) in [6.45, 7) is 2.15. The van der Waals surface area contributed by atoms with Gasteiger partial charge in [-0.1, -0.05) is 141 Å². The summed E-state index contributed by atoms with van der Waals surface area (Å²) in [6, 6.07) is 39.1. The Hall–Kier alpha value is -2.66. The Kier molecular flexibility index (Phi) is 8.04. The summed E-state index contributed by atoms with van der Waals surface area (Å²) in [7, 11) is -6.10. The molecule has 0 fully saturated rings. The molecule has 4 aromatic rings. The normalized spacial score (nSPS) is 12.9. The lowest BCUT2D eigenvalue weighted by Gasteiger charge is -2.32. The van der Waals surface area contributed by atoms with E-state index < -0.39 is 14.3 Å². The molecule has 4 aromatic carbocycles. The van der Waals surface area contributed by atoms with Gasteiger partial charge < -0.3 is 9.13 Å². The van der Waals surface area contributed by atoms with Gasteiger partial charge >= 0.3 is 0 Å². The summed E-state index contributed by atoms with van der Waals surface area (Å²) in [5, 5.41) is 3.34. The highest BCUT2D eigenvalue weighted by molar-refractivity contribution is 7.82. The Balaban J connectivity index is 1.90. The van der Waals surface area contributed by atoms with Crippen molar-refractivity contribution < 1.29 is 9.13 Å². The summed E-state index contributed by atoms with van der Waals surface area (Å²) in [5.74, 6) is 0. The second kappa shape index (κ2) is 11.2. The van der Waals surface area contributed by atoms with E-state index in [-0.39, 0.29) is 5.66 Å². The zero-order valence-electron chi connectivity index (χ0n) is 19.7. The molecule has 0 saturated carbocycles. The largest absolute Gasteiger partial charge is 0.314 e. The quantitative estimate of drug-likeness (QED) is 0.238. The summed E-state index contributed by atoms with van der Waals surface area (Å²) in [4.78, 5) is 0. The predicted molar refractivity (Wildman–Crippen MR) is 148 cm³/mol. The van der Waals surface area contributed by atoms with Gasteiger partial charge in [-0.25, -0.2) is 0 Å². The van der Waals surface area contributed by atoms with Gasteiger partial charge in [0, 0.05) is 33.0 Å². The molecular weight excluding hydrogens is 454 g/mol. The monoisotopic (exact) mass is 486 g/mol. The van der Waals surface area contributed by atoms with Crippen molar-refractivity contribution in [2.45, 2.75) is 31.8 Å². The van der Waals surface area contributed by atoms with Crippen LogP contribution in [0.2, 0.25) is 0 Å². The first kappa shape index (κ1) is 24.5. The second-order valence-electron chi connectivity index (χ2n) is 8.72. The molecule has 34 heavy (non-hydrogen) atoms. The maximum absolute atomic E-state index is 15.2. The van der Waals surface area contributed by atoms with Crippen LogP contribution in [0.5, 0.6) is 0 Å². The highest BCUT2D eigenvalue weighted by atomic mass is 31.2. The first-order valence-corrected chi connectivity index (χ1v) is 15.7. The van der Waals surface area contributed by atoms with E-state index in [2.05, 4.69) is 6.92 Å². The van der Waals surface area contributed by atoms with Crippen LogP contribution in [0, 0.1) is 0 Å². The molecule has 0 bridgehead atoms. The van der Waals surface area contributed by atoms with Crippen LogP contribution in [0.3, 0.4) is 0 Å². The van der Waals surface area contributed by atoms with E-state index in [4.69, 9.17) is 0 Å². The molecule has 0 aliphatic heterocycles. The zero-order valence-corrected chi connectivity index (χ0v) is 21.5. The number of benzene rings is 4. The molecule has 174 valence electrons. The van der Waals surface area contributed by atoms with Crippen molar-refractivity contribution in [3.8, 4) is 0 Å². The van der Waals surface area contributed by atoms with Crippen LogP contribution in [0.1, 0.15) is 26.2 Å². The van der Waals surface area contributed by atoms with Gasteiger partial charge in [-0.2, -0.15) is 0 Å². The molecule has 2 nitrogen and oxygen atoms in total. The minimum absolute atomic E-state index is 0.233. The third-order valence-corrected chi connectivity index (χ3v) is 13.6. The average molecular weight is 487 g/mol. The van der Waals surface area contributed by atoms with Gasteiger partial charge in [0.2, 0.25) is 0 Å². The van der Waals surface area contributed by atoms with Crippen molar-refractivity contribution in [1.82, 2.24) is 0 Å². The van der Waals surface area contributed by atoms with Crippen molar-refractivity contribution in [2.24, 2.45) is 0 Å². The van der Waals surface area contributed by atoms with E-state index in [1.165, 1.54) is 0 Å². The van der Waals surface area contributed by atoms with Gasteiger partial charge in [-0.05, 0) is 6.42 Å². The maximum atomic E-state index is 15.2. The molecular formula is C30H32O2P2. The van der Waals surface area contributed by atoms with E-state index in [0.29, 0.717) is 6.16 Å². The highest BCUT2D eigenvalue weighted by Gasteiger charge is 2.41. The molecule has 0 unspecified atom stereocenters. The summed E-state index contributed by atoms with van der Waals surface area (Å²) < 4.78 is 30.2. The van der Waals surface area contributed by atoms with Gasteiger partial charge in [-0.15, -0.1) is 0 Å². The lowest BCUT2D eigenvalue weighted by molar-refractivity contribution is 0.564. The van der Waals surface area contributed by atoms with E-state index in [9.17, 15) is 4.57 Å². The Bertz CT molecular complexity index is 1170. The summed E-state index contributed by atoms with van der Waals surface area (Å²) >= 11 is 0. The maximum Gasteiger partial charge on any atom is 0.146 e. The minimum Gasteiger partial charge on any atom is -0.314 e. The van der Waals surface area contributed by atoms with Crippen LogP contribution in [0.4, 0.5) is 0 Å². The fourth-order valence-electron chi connectivity index (χ4n) is 4.69. The molecule has 0 aromatic heterocycles. The molecule has 0 aliphatic carbocycles. The van der Waals surface area contributed by atoms with E-state index >= 15 is 4.57 Å². The minimum atomic E-state index is -3.07. The van der Waals surface area contributed by atoms with Crippen molar-refractivity contribution in [3.05, 3.63) is 121 Å². The third-order valence-electron chi connectivity index (χ3n) is 6.50. The van der Waals surface area contributed by atoms with Crippen LogP contribution >= 0.6 is 14.3 Å². The fraction of sp³-hybridized carbons (Fsp3) is 0.200. The molecule has 0 aliphatic rings. The van der Waals surface area contributed by atoms with Crippen LogP contribution in [-0.4, -0.2) is 11.8 Å². The standard InChI is InChI=1S/C30H32O2P2/c1-2-3-16-30(34(32,28-21-12-6-13-22-28)29-23-14-7-15-24-29)25-33(31,26-17-8-4-9-18-26)27-19-10-5-11-20-27/h4-15,17-24,30H,2-3,16,25H2,1H3/t30-/m1/s1. The molecule has 4 heteroatoms. The SMILES string of the molecule is CCCC[C@H](CP(=O)(c1ccccc1)c1ccccc1)P(=O)(c1ccccc1)c1ccccc1. The molecule has 0 heterocycles. The molecule has 0 spiro atoms. The topological polar surface area (TPSA) is 34.1 Å². The van der Waals surface area contributed by atoms with Gasteiger partial charge in [0.25, 0.3) is 0 Å². The first-order valence-electron chi connectivity index (χ1n) is 12.0. The summed E-state index contributed by atoms with van der Waals surface area (Å²) in [5.41, 5.74) is -0.233. The highest BCUT2D eigenvalue weighted by Crippen LogP contribution is 2.57. The fourth-order valence-corrected chi connectivity index (χ4v) is 12.0. The van der Waals surface area contributed by atoms with E-state index in [0.717, 1.165) is 40.5 Å². The Morgan fingerprint density at radius 2 is 0.912 bits per heavy atom. The van der Waals surface area contributed by atoms with Crippen molar-refractivity contribution in [2.75, 3.05) is 6.16 Å². The zero-order chi connectivity index (χ0) is 23.9. The van der Waals surface area contributed by atoms with Crippen molar-refractivity contribution in [1.29, 1.82) is 0 Å². The Labute approximate surface area is 203 Å². The smallest absolute Gasteiger partial charge is 0.146 e. The number of unbranched alkanes of at least 4 members (excludes halogenated alkanes) is 1. The van der Waals surface area contributed by atoms with Gasteiger partial charge in [-0.3, -0.25) is 0 Å². The van der Waals surface area contributed by atoms with Crippen LogP contribution in [0.25, 0.3) is 0 Å². The molecule has 0 saturated heterocycles. The third kappa shape index (κ3) is 5.05. The lowest BCUT2D eigenvalue weighted by atomic mass is 10.2. The van der Waals surface area contributed by atoms with E-state index in [1.807, 2.05) is 121 Å². The Morgan fingerprint density at radius 3 is 1.26 bits per heavy atom. The average Bonchev–Trinajstić information content (AvgIpc) is 2.92. The van der Waals surface area contributed by atoms with Crippen LogP contribution < -0.4 is 21.2 Å². The van der Waals surface area contributed by atoms with Gasteiger partial charge in [0.15, 0.2) is 0 Å². The summed E-state index contributed by atoms with van der Waals surface area (Å²) in [6.07, 6.45) is 3.09. The number of rotatable bonds is 10. The lowest BCUT2D eigenvalue weighted by Crippen LogP contribution is -2.32. The van der Waals surface area contributed by atoms with Gasteiger partial charge in [0.05, 0.1) is 0 Å². The Morgan fingerprint density at radius 1 is 0.559 bits per heavy atom. The van der Waals surface area contributed by atoms with E-state index in [1.54, 1.807) is 0 Å². The predicted octanol–water partition coefficient (Wildman–Crippen LogP) is 6.57. The molecule has 0 N–H and O–H groups in total. The number of hydrogen-bond acceptors (Lipinski definition) is 2. The first-order chi connectivity index (χ1) is 16.6.